The molecule has 2 saturated heterocycles. The number of nitrogens with zero attached hydrogens (tertiary/aromatic N) is 4. The second-order valence-corrected chi connectivity index (χ2v) is 18.3. The number of rotatable bonds is 11. The molecule has 4 amide bonds. The highest BCUT2D eigenvalue weighted by Gasteiger charge is 2.42. The van der Waals surface area contributed by atoms with E-state index in [1.165, 1.54) is 23.6 Å². The highest BCUT2D eigenvalue weighted by atomic mass is 32.1. The first-order chi connectivity index (χ1) is 27.8. The van der Waals surface area contributed by atoms with Gasteiger partial charge < -0.3 is 39.9 Å². The van der Waals surface area contributed by atoms with Crippen molar-refractivity contribution in [3.63, 3.8) is 0 Å². The van der Waals surface area contributed by atoms with Crippen molar-refractivity contribution in [3.8, 4) is 33.1 Å². The lowest BCUT2D eigenvalue weighted by molar-refractivity contribution is -0.136. The van der Waals surface area contributed by atoms with Crippen molar-refractivity contribution in [1.29, 1.82) is 0 Å². The number of carbonyl (C=O) groups is 4. The number of thiophene rings is 2. The second kappa shape index (κ2) is 16.9. The highest BCUT2D eigenvalue weighted by molar-refractivity contribution is 7.28. The van der Waals surface area contributed by atoms with Gasteiger partial charge in [-0.2, -0.15) is 0 Å². The Morgan fingerprint density at radius 1 is 0.776 bits per heavy atom. The van der Waals surface area contributed by atoms with Gasteiger partial charge in [-0.05, 0) is 59.6 Å². The molecule has 2 aliphatic rings. The summed E-state index contributed by atoms with van der Waals surface area (Å²) < 4.78 is 12.0. The van der Waals surface area contributed by atoms with Crippen LogP contribution in [0.3, 0.4) is 0 Å². The second-order valence-electron chi connectivity index (χ2n) is 16.3. The predicted octanol–water partition coefficient (Wildman–Crippen LogP) is 7.99. The van der Waals surface area contributed by atoms with Gasteiger partial charge in [0.1, 0.15) is 23.7 Å². The summed E-state index contributed by atoms with van der Waals surface area (Å²) in [6.45, 7) is 13.0. The summed E-state index contributed by atoms with van der Waals surface area (Å²) in [5, 5.41) is 7.56. The molecule has 16 heteroatoms. The van der Waals surface area contributed by atoms with Crippen LogP contribution in [0.15, 0.2) is 48.0 Å². The van der Waals surface area contributed by atoms with Crippen LogP contribution in [-0.2, 0) is 19.1 Å². The smallest absolute Gasteiger partial charge is 0.407 e. The average molecular weight is 829 g/mol. The molecule has 5 aromatic rings. The van der Waals surface area contributed by atoms with Crippen LogP contribution >= 0.6 is 22.7 Å². The Kier molecular flexibility index (Phi) is 12.0. The first-order valence-corrected chi connectivity index (χ1v) is 21.5. The lowest BCUT2D eigenvalue weighted by Gasteiger charge is -2.30. The minimum Gasteiger partial charge on any atom is -0.453 e. The van der Waals surface area contributed by atoms with E-state index in [1.807, 2.05) is 61.8 Å². The largest absolute Gasteiger partial charge is 0.453 e. The number of hydrogen-bond donors (Lipinski definition) is 4. The van der Waals surface area contributed by atoms with Crippen molar-refractivity contribution in [1.82, 2.24) is 40.4 Å². The topological polar surface area (TPSA) is 175 Å². The number of aromatic amines is 2. The van der Waals surface area contributed by atoms with Gasteiger partial charge in [0.05, 0.1) is 54.5 Å². The number of benzene rings is 1. The number of methoxy groups -OCH3 is 2. The molecule has 0 spiro atoms. The first-order valence-electron chi connectivity index (χ1n) is 19.8. The molecule has 0 unspecified atom stereocenters. The molecular formula is C42H52N8O6S2. The summed E-state index contributed by atoms with van der Waals surface area (Å²) in [7, 11) is 2.58. The number of amides is 4. The third-order valence-electron chi connectivity index (χ3n) is 11.2. The van der Waals surface area contributed by atoms with Crippen molar-refractivity contribution in [2.45, 2.75) is 78.6 Å². The highest BCUT2D eigenvalue weighted by Crippen LogP contribution is 2.43. The maximum Gasteiger partial charge on any atom is 0.407 e. The molecule has 2 aliphatic heterocycles. The number of likely N-dealkylation sites (tertiary alicyclic amines) is 2. The van der Waals surface area contributed by atoms with E-state index in [0.717, 1.165) is 45.9 Å². The van der Waals surface area contributed by atoms with Gasteiger partial charge in [-0.15, -0.1) is 22.7 Å². The monoisotopic (exact) mass is 828 g/mol. The molecule has 4 aromatic heterocycles. The average Bonchev–Trinajstić information content (AvgIpc) is 4.05. The molecule has 6 heterocycles. The van der Waals surface area contributed by atoms with Crippen LogP contribution in [-0.4, -0.2) is 93.1 Å². The van der Waals surface area contributed by atoms with Crippen molar-refractivity contribution < 1.29 is 28.7 Å². The Bertz CT molecular complexity index is 2250. The zero-order chi connectivity index (χ0) is 41.4. The van der Waals surface area contributed by atoms with Gasteiger partial charge in [0.25, 0.3) is 0 Å². The first kappa shape index (κ1) is 41.0. The molecule has 6 atom stereocenters. The van der Waals surface area contributed by atoms with Gasteiger partial charge in [-0.3, -0.25) is 9.59 Å². The van der Waals surface area contributed by atoms with Gasteiger partial charge in [-0.1, -0.05) is 65.8 Å². The summed E-state index contributed by atoms with van der Waals surface area (Å²) >= 11 is 3.40. The zero-order valence-electron chi connectivity index (χ0n) is 34.1. The van der Waals surface area contributed by atoms with Crippen molar-refractivity contribution >= 4 is 56.1 Å². The van der Waals surface area contributed by atoms with E-state index in [1.54, 1.807) is 28.9 Å². The van der Waals surface area contributed by atoms with Crippen LogP contribution in [0.1, 0.15) is 78.1 Å². The van der Waals surface area contributed by atoms with Crippen LogP contribution < -0.4 is 10.6 Å². The SMILES string of the molecule is COC(=O)N[C@H](C(=O)N1C[C@@H](C)C[C@H]1c1ncc(-c2ccc(-c3nc([C@@H]4C[C@H](C)CN4C(=O)[C@@H](NC(=O)OC)C(C)C)[nH]c3-c3cc4sccc4s3)cc2)[nH]1)C(C)C. The number of alkyl carbamates (subject to hydrolysis) is 2. The summed E-state index contributed by atoms with van der Waals surface area (Å²) in [6.07, 6.45) is 1.99. The number of nitrogens with one attached hydrogen (secondary N) is 4. The third kappa shape index (κ3) is 8.21. The summed E-state index contributed by atoms with van der Waals surface area (Å²) in [5.41, 5.74) is 4.33. The van der Waals surface area contributed by atoms with E-state index in [-0.39, 0.29) is 47.6 Å². The molecule has 7 rings (SSSR count). The maximum atomic E-state index is 14.1. The third-order valence-corrected chi connectivity index (χ3v) is 13.3. The van der Waals surface area contributed by atoms with Gasteiger partial charge in [-0.25, -0.2) is 19.6 Å². The lowest BCUT2D eigenvalue weighted by Crippen LogP contribution is -2.51. The predicted molar refractivity (Wildman–Crippen MR) is 225 cm³/mol. The van der Waals surface area contributed by atoms with Gasteiger partial charge in [0, 0.05) is 28.1 Å². The van der Waals surface area contributed by atoms with Gasteiger partial charge in [0.15, 0.2) is 0 Å². The summed E-state index contributed by atoms with van der Waals surface area (Å²) in [6, 6.07) is 10.4. The molecule has 14 nitrogen and oxygen atoms in total. The number of carbonyl (C=O) groups excluding carboxylic acids is 4. The molecule has 58 heavy (non-hydrogen) atoms. The fourth-order valence-corrected chi connectivity index (χ4v) is 10.2. The number of ether oxygens (including phenoxy) is 2. The summed E-state index contributed by atoms with van der Waals surface area (Å²) in [5.74, 6) is 1.28. The Labute approximate surface area is 346 Å². The van der Waals surface area contributed by atoms with Crippen molar-refractivity contribution in [3.05, 3.63) is 59.6 Å². The number of imidazole rings is 2. The zero-order valence-corrected chi connectivity index (χ0v) is 35.8. The molecule has 308 valence electrons. The molecule has 1 aromatic carbocycles. The fraction of sp³-hybridized carbons (Fsp3) is 0.476. The lowest BCUT2D eigenvalue weighted by atomic mass is 10.0. The van der Waals surface area contributed by atoms with E-state index in [9.17, 15) is 19.2 Å². The molecule has 0 aliphatic carbocycles. The Morgan fingerprint density at radius 3 is 1.86 bits per heavy atom. The van der Waals surface area contributed by atoms with E-state index < -0.39 is 24.3 Å². The Balaban J connectivity index is 1.18. The summed E-state index contributed by atoms with van der Waals surface area (Å²) in [4.78, 5) is 74.1. The normalized spacial score (nSPS) is 20.5. The van der Waals surface area contributed by atoms with Crippen LogP contribution in [0.5, 0.6) is 0 Å². The Morgan fingerprint density at radius 2 is 1.33 bits per heavy atom. The molecular weight excluding hydrogens is 777 g/mol. The number of H-pyrrole nitrogens is 2. The number of hydrogen-bond acceptors (Lipinski definition) is 10. The standard InChI is InChI=1S/C42H52N8O6S2/c1-21(2)33(47-41(53)55-7)39(51)49-19-23(5)15-28(49)37-43-18-27(44-37)25-9-11-26(12-10-25)35-36(32-17-31-30(58-32)13-14-57-31)46-38(45-35)29-16-24(6)20-50(29)40(52)34(22(3)4)48-42(54)56-8/h9-14,17-18,21-24,28-29,33-34H,15-16,19-20H2,1-8H3,(H,43,44)(H,45,46)(H,47,53)(H,48,54)/t23-,24-,28-,29-,33-,34-/m0/s1. The molecule has 0 bridgehead atoms. The molecule has 4 N–H and O–H groups in total. The van der Waals surface area contributed by atoms with E-state index in [4.69, 9.17) is 19.4 Å². The van der Waals surface area contributed by atoms with Gasteiger partial charge >= 0.3 is 12.2 Å². The molecule has 2 fully saturated rings. The molecule has 0 saturated carbocycles. The van der Waals surface area contributed by atoms with Crippen LogP contribution in [0.2, 0.25) is 0 Å². The molecule has 0 radical (unpaired) electrons. The van der Waals surface area contributed by atoms with Crippen molar-refractivity contribution in [2.75, 3.05) is 27.3 Å². The van der Waals surface area contributed by atoms with Crippen LogP contribution in [0.4, 0.5) is 9.59 Å². The van der Waals surface area contributed by atoms with Gasteiger partial charge in [0.2, 0.25) is 11.8 Å². The Hall–Kier alpha value is -5.22. The van der Waals surface area contributed by atoms with Crippen LogP contribution in [0.25, 0.3) is 42.5 Å². The quantitative estimate of drug-likeness (QED) is 0.104. The van der Waals surface area contributed by atoms with E-state index >= 15 is 0 Å². The van der Waals surface area contributed by atoms with E-state index in [2.05, 4.69) is 52.0 Å². The van der Waals surface area contributed by atoms with Crippen molar-refractivity contribution in [2.24, 2.45) is 23.7 Å². The maximum absolute atomic E-state index is 14.1. The minimum absolute atomic E-state index is 0.132. The number of aromatic nitrogens is 4. The van der Waals surface area contributed by atoms with Crippen LogP contribution in [0, 0.1) is 23.7 Å². The minimum atomic E-state index is -0.741. The van der Waals surface area contributed by atoms with E-state index in [0.29, 0.717) is 24.7 Å². The fourth-order valence-electron chi connectivity index (χ4n) is 8.14. The number of fused-ring (bicyclic) bond motifs is 1.